The molecule has 4 rings (SSSR count). The lowest BCUT2D eigenvalue weighted by Crippen LogP contribution is -2.64. The predicted octanol–water partition coefficient (Wildman–Crippen LogP) is 3.17. The van der Waals surface area contributed by atoms with Crippen LogP contribution in [0.3, 0.4) is 0 Å². The number of benzene rings is 1. The van der Waals surface area contributed by atoms with E-state index in [0.717, 1.165) is 37.2 Å². The van der Waals surface area contributed by atoms with Crippen LogP contribution in [0, 0.1) is 17.6 Å². The van der Waals surface area contributed by atoms with Crippen LogP contribution in [0.15, 0.2) is 42.7 Å². The molecule has 1 spiro atoms. The van der Waals surface area contributed by atoms with Gasteiger partial charge in [-0.2, -0.15) is 0 Å². The smallest absolute Gasteiger partial charge is 0.159 e. The van der Waals surface area contributed by atoms with Gasteiger partial charge in [0.1, 0.15) is 0 Å². The SMILES string of the molecule is Fc1ccc(CN2CC3(C2)OCC[C@H]3COCc2ccncc2)cc1F. The van der Waals surface area contributed by atoms with Gasteiger partial charge in [-0.05, 0) is 41.8 Å². The van der Waals surface area contributed by atoms with Crippen molar-refractivity contribution in [2.45, 2.75) is 25.2 Å². The van der Waals surface area contributed by atoms with Crippen molar-refractivity contribution in [3.8, 4) is 0 Å². The van der Waals surface area contributed by atoms with Crippen molar-refractivity contribution in [2.24, 2.45) is 5.92 Å². The zero-order valence-electron chi connectivity index (χ0n) is 14.5. The van der Waals surface area contributed by atoms with Crippen LogP contribution in [-0.2, 0) is 22.6 Å². The van der Waals surface area contributed by atoms with E-state index in [9.17, 15) is 8.78 Å². The Hall–Kier alpha value is -1.89. The molecular formula is C20H22F2N2O2. The third kappa shape index (κ3) is 3.63. The summed E-state index contributed by atoms with van der Waals surface area (Å²) < 4.78 is 38.3. The molecule has 1 atom stereocenters. The molecule has 0 N–H and O–H groups in total. The van der Waals surface area contributed by atoms with E-state index >= 15 is 0 Å². The number of pyridine rings is 1. The third-order valence-electron chi connectivity index (χ3n) is 5.31. The molecule has 2 fully saturated rings. The number of ether oxygens (including phenoxy) is 2. The van der Waals surface area contributed by atoms with E-state index in [1.807, 2.05) is 12.1 Å². The van der Waals surface area contributed by atoms with Gasteiger partial charge in [0.05, 0.1) is 18.8 Å². The lowest BCUT2D eigenvalue weighted by molar-refractivity contribution is -0.146. The molecule has 2 aliphatic heterocycles. The Kier molecular flexibility index (Phi) is 4.98. The van der Waals surface area contributed by atoms with Crippen LogP contribution in [0.2, 0.25) is 0 Å². The van der Waals surface area contributed by atoms with E-state index in [1.54, 1.807) is 18.5 Å². The molecule has 2 aromatic rings. The highest BCUT2D eigenvalue weighted by Gasteiger charge is 2.52. The minimum Gasteiger partial charge on any atom is -0.376 e. The first kappa shape index (κ1) is 17.5. The summed E-state index contributed by atoms with van der Waals surface area (Å²) in [4.78, 5) is 6.21. The summed E-state index contributed by atoms with van der Waals surface area (Å²) in [5.74, 6) is -1.23. The van der Waals surface area contributed by atoms with Crippen molar-refractivity contribution in [1.82, 2.24) is 9.88 Å². The lowest BCUT2D eigenvalue weighted by atomic mass is 9.81. The number of likely N-dealkylation sites (tertiary alicyclic amines) is 1. The number of nitrogens with zero attached hydrogens (tertiary/aromatic N) is 2. The van der Waals surface area contributed by atoms with E-state index in [1.165, 1.54) is 12.1 Å². The lowest BCUT2D eigenvalue weighted by Gasteiger charge is -2.50. The first-order valence-electron chi connectivity index (χ1n) is 8.91. The van der Waals surface area contributed by atoms with Gasteiger partial charge in [0, 0.05) is 44.6 Å². The van der Waals surface area contributed by atoms with Gasteiger partial charge in [-0.25, -0.2) is 8.78 Å². The summed E-state index contributed by atoms with van der Waals surface area (Å²) in [6, 6.07) is 7.99. The second-order valence-electron chi connectivity index (χ2n) is 7.16. The first-order valence-corrected chi connectivity index (χ1v) is 8.91. The van der Waals surface area contributed by atoms with Crippen LogP contribution in [0.5, 0.6) is 0 Å². The van der Waals surface area contributed by atoms with Crippen molar-refractivity contribution in [1.29, 1.82) is 0 Å². The van der Waals surface area contributed by atoms with E-state index < -0.39 is 11.6 Å². The number of rotatable bonds is 6. The molecule has 2 aliphatic rings. The van der Waals surface area contributed by atoms with Crippen molar-refractivity contribution in [3.05, 3.63) is 65.5 Å². The molecule has 3 heterocycles. The van der Waals surface area contributed by atoms with Gasteiger partial charge in [0.15, 0.2) is 11.6 Å². The Morgan fingerprint density at radius 1 is 1.12 bits per heavy atom. The number of hydrogen-bond acceptors (Lipinski definition) is 4. The maximum absolute atomic E-state index is 13.3. The summed E-state index contributed by atoms with van der Waals surface area (Å²) in [5, 5.41) is 0. The van der Waals surface area contributed by atoms with Crippen LogP contribution in [0.25, 0.3) is 0 Å². The van der Waals surface area contributed by atoms with Gasteiger partial charge in [-0.15, -0.1) is 0 Å². The Morgan fingerprint density at radius 2 is 1.92 bits per heavy atom. The minimum absolute atomic E-state index is 0.156. The van der Waals surface area contributed by atoms with Gasteiger partial charge < -0.3 is 9.47 Å². The predicted molar refractivity (Wildman–Crippen MR) is 92.3 cm³/mol. The van der Waals surface area contributed by atoms with Gasteiger partial charge in [-0.1, -0.05) is 6.07 Å². The Bertz CT molecular complexity index is 751. The molecule has 26 heavy (non-hydrogen) atoms. The molecule has 0 amide bonds. The second kappa shape index (κ2) is 7.39. The molecule has 2 saturated heterocycles. The fraction of sp³-hybridized carbons (Fsp3) is 0.450. The molecule has 4 nitrogen and oxygen atoms in total. The van der Waals surface area contributed by atoms with Gasteiger partial charge in [0.2, 0.25) is 0 Å². The maximum Gasteiger partial charge on any atom is 0.159 e. The van der Waals surface area contributed by atoms with Crippen molar-refractivity contribution in [2.75, 3.05) is 26.3 Å². The summed E-state index contributed by atoms with van der Waals surface area (Å²) in [5.41, 5.74) is 1.74. The number of aromatic nitrogens is 1. The van der Waals surface area contributed by atoms with Crippen LogP contribution in [0.4, 0.5) is 8.78 Å². The van der Waals surface area contributed by atoms with Crippen LogP contribution in [0.1, 0.15) is 17.5 Å². The van der Waals surface area contributed by atoms with Crippen molar-refractivity contribution >= 4 is 0 Å². The van der Waals surface area contributed by atoms with Gasteiger partial charge >= 0.3 is 0 Å². The van der Waals surface area contributed by atoms with E-state index in [-0.39, 0.29) is 5.60 Å². The molecule has 0 aliphatic carbocycles. The summed E-state index contributed by atoms with van der Waals surface area (Å²) in [6.45, 7) is 4.20. The standard InChI is InChI=1S/C20H22F2N2O2/c21-18-2-1-16(9-19(18)22)10-24-13-20(14-24)17(5-8-26-20)12-25-11-15-3-6-23-7-4-15/h1-4,6-7,9,17H,5,8,10-14H2/t17-/m0/s1. The molecule has 0 unspecified atom stereocenters. The topological polar surface area (TPSA) is 34.6 Å². The Balaban J connectivity index is 1.28. The van der Waals surface area contributed by atoms with Gasteiger partial charge in [-0.3, -0.25) is 9.88 Å². The largest absolute Gasteiger partial charge is 0.376 e. The zero-order valence-corrected chi connectivity index (χ0v) is 14.5. The number of hydrogen-bond donors (Lipinski definition) is 0. The molecule has 0 radical (unpaired) electrons. The monoisotopic (exact) mass is 360 g/mol. The number of halogens is 2. The third-order valence-corrected chi connectivity index (χ3v) is 5.31. The van der Waals surface area contributed by atoms with E-state index in [0.29, 0.717) is 25.7 Å². The Morgan fingerprint density at radius 3 is 2.69 bits per heavy atom. The van der Waals surface area contributed by atoms with Crippen LogP contribution < -0.4 is 0 Å². The minimum atomic E-state index is -0.806. The average molecular weight is 360 g/mol. The molecule has 0 saturated carbocycles. The first-order chi connectivity index (χ1) is 12.6. The fourth-order valence-electron chi connectivity index (χ4n) is 3.89. The molecule has 1 aromatic carbocycles. The highest BCUT2D eigenvalue weighted by Crippen LogP contribution is 2.40. The molecule has 138 valence electrons. The van der Waals surface area contributed by atoms with Crippen LogP contribution >= 0.6 is 0 Å². The van der Waals surface area contributed by atoms with Crippen LogP contribution in [-0.4, -0.2) is 41.8 Å². The quantitative estimate of drug-likeness (QED) is 0.793. The van der Waals surface area contributed by atoms with Gasteiger partial charge in [0.25, 0.3) is 0 Å². The Labute approximate surface area is 151 Å². The van der Waals surface area contributed by atoms with E-state index in [2.05, 4.69) is 9.88 Å². The summed E-state index contributed by atoms with van der Waals surface area (Å²) >= 11 is 0. The van der Waals surface area contributed by atoms with Crippen molar-refractivity contribution < 1.29 is 18.3 Å². The normalized spacial score (nSPS) is 21.8. The van der Waals surface area contributed by atoms with Crippen molar-refractivity contribution in [3.63, 3.8) is 0 Å². The highest BCUT2D eigenvalue weighted by atomic mass is 19.2. The summed E-state index contributed by atoms with van der Waals surface area (Å²) in [6.07, 6.45) is 4.53. The molecule has 1 aromatic heterocycles. The van der Waals surface area contributed by atoms with E-state index in [4.69, 9.17) is 9.47 Å². The second-order valence-corrected chi connectivity index (χ2v) is 7.16. The molecule has 0 bridgehead atoms. The zero-order chi connectivity index (χ0) is 18.0. The maximum atomic E-state index is 13.3. The summed E-state index contributed by atoms with van der Waals surface area (Å²) in [7, 11) is 0. The highest BCUT2D eigenvalue weighted by molar-refractivity contribution is 5.19. The molecule has 6 heteroatoms. The average Bonchev–Trinajstić information content (AvgIpc) is 3.03. The fourth-order valence-corrected chi connectivity index (χ4v) is 3.89. The molecular weight excluding hydrogens is 338 g/mol.